The van der Waals surface area contributed by atoms with E-state index in [-0.39, 0.29) is 5.71 Å². The molecular weight excluding hydrogens is 148 g/mol. The van der Waals surface area contributed by atoms with Crippen LogP contribution in [0, 0.1) is 0 Å². The van der Waals surface area contributed by atoms with E-state index >= 15 is 0 Å². The van der Waals surface area contributed by atoms with Gasteiger partial charge in [-0.05, 0) is 0 Å². The summed E-state index contributed by atoms with van der Waals surface area (Å²) in [4.78, 5) is 28.1. The normalized spacial score (nSPS) is 21.5. The van der Waals surface area contributed by atoms with Crippen LogP contribution in [0.15, 0.2) is 9.98 Å². The van der Waals surface area contributed by atoms with E-state index in [4.69, 9.17) is 11.5 Å². The molecule has 0 spiro atoms. The lowest BCUT2D eigenvalue weighted by Gasteiger charge is -2.01. The molecule has 1 aliphatic heterocycles. The quantitative estimate of drug-likeness (QED) is 0.470. The first-order valence-electron chi connectivity index (χ1n) is 2.81. The van der Waals surface area contributed by atoms with Gasteiger partial charge in [0.2, 0.25) is 5.91 Å². The van der Waals surface area contributed by atoms with Gasteiger partial charge in [-0.15, -0.1) is 0 Å². The van der Waals surface area contributed by atoms with Crippen molar-refractivity contribution in [1.82, 2.24) is 0 Å². The van der Waals surface area contributed by atoms with Crippen LogP contribution in [0.1, 0.15) is 0 Å². The molecule has 0 fully saturated rings. The monoisotopic (exact) mass is 154 g/mol. The van der Waals surface area contributed by atoms with Crippen molar-refractivity contribution in [1.29, 1.82) is 0 Å². The summed E-state index contributed by atoms with van der Waals surface area (Å²) in [6.07, 6.45) is 1.09. The van der Waals surface area contributed by atoms with E-state index in [1.807, 2.05) is 0 Å². The predicted molar refractivity (Wildman–Crippen MR) is 38.1 cm³/mol. The van der Waals surface area contributed by atoms with Crippen LogP contribution in [0.3, 0.4) is 0 Å². The lowest BCUT2D eigenvalue weighted by molar-refractivity contribution is -0.119. The van der Waals surface area contributed by atoms with Crippen LogP contribution in [0.25, 0.3) is 0 Å². The van der Waals surface area contributed by atoms with Crippen molar-refractivity contribution >= 4 is 23.9 Å². The molecule has 0 aromatic rings. The largest absolute Gasteiger partial charge is 0.367 e. The first kappa shape index (κ1) is 7.39. The Morgan fingerprint density at radius 2 is 2.09 bits per heavy atom. The minimum Gasteiger partial charge on any atom is -0.367 e. The second-order valence-corrected chi connectivity index (χ2v) is 1.95. The maximum atomic E-state index is 10.5. The van der Waals surface area contributed by atoms with Crippen molar-refractivity contribution in [3.8, 4) is 0 Å². The third kappa shape index (κ3) is 1.23. The van der Waals surface area contributed by atoms with Crippen LogP contribution in [0.4, 0.5) is 0 Å². The first-order chi connectivity index (χ1) is 5.13. The van der Waals surface area contributed by atoms with Gasteiger partial charge in [0, 0.05) is 0 Å². The van der Waals surface area contributed by atoms with Crippen molar-refractivity contribution in [2.45, 2.75) is 6.04 Å². The van der Waals surface area contributed by atoms with Crippen molar-refractivity contribution in [2.75, 3.05) is 0 Å². The number of rotatable bonds is 2. The highest BCUT2D eigenvalue weighted by Crippen LogP contribution is 1.99. The predicted octanol–water partition coefficient (Wildman–Crippen LogP) is -2.19. The summed E-state index contributed by atoms with van der Waals surface area (Å²) >= 11 is 0. The van der Waals surface area contributed by atoms with Gasteiger partial charge in [-0.1, -0.05) is 0 Å². The summed E-state index contributed by atoms with van der Waals surface area (Å²) in [6.45, 7) is 0. The van der Waals surface area contributed by atoms with E-state index in [1.54, 1.807) is 0 Å². The van der Waals surface area contributed by atoms with Crippen molar-refractivity contribution < 1.29 is 9.59 Å². The van der Waals surface area contributed by atoms with E-state index in [2.05, 4.69) is 9.98 Å². The molecule has 1 atom stereocenters. The molecule has 11 heavy (non-hydrogen) atoms. The van der Waals surface area contributed by atoms with Crippen molar-refractivity contribution in [3.63, 3.8) is 0 Å². The summed E-state index contributed by atoms with van der Waals surface area (Å²) in [5.74, 6) is -1.50. The Kier molecular flexibility index (Phi) is 1.67. The number of carbonyl (C=O) groups excluding carboxylic acids is 2. The smallest absolute Gasteiger partial charge is 0.265 e. The summed E-state index contributed by atoms with van der Waals surface area (Å²) in [6, 6.07) is -0.993. The average Bonchev–Trinajstić information content (AvgIpc) is 2.32. The minimum atomic E-state index is -0.993. The van der Waals surface area contributed by atoms with Gasteiger partial charge in [0.15, 0.2) is 6.04 Å². The van der Waals surface area contributed by atoms with Crippen LogP contribution in [0.5, 0.6) is 0 Å². The topological polar surface area (TPSA) is 111 Å². The fourth-order valence-electron chi connectivity index (χ4n) is 0.710. The fourth-order valence-corrected chi connectivity index (χ4v) is 0.710. The molecule has 0 aliphatic carbocycles. The molecule has 0 aromatic heterocycles. The molecule has 6 nitrogen and oxygen atoms in total. The first-order valence-corrected chi connectivity index (χ1v) is 2.81. The summed E-state index contributed by atoms with van der Waals surface area (Å²) in [5, 5.41) is 0. The van der Waals surface area contributed by atoms with Gasteiger partial charge in [-0.3, -0.25) is 14.6 Å². The molecule has 1 heterocycles. The zero-order chi connectivity index (χ0) is 8.43. The summed E-state index contributed by atoms with van der Waals surface area (Å²) in [7, 11) is 0. The average molecular weight is 154 g/mol. The number of primary amides is 2. The Labute approximate surface area is 62.0 Å². The van der Waals surface area contributed by atoms with E-state index in [0.717, 1.165) is 6.34 Å². The Bertz CT molecular complexity index is 268. The molecule has 58 valence electrons. The van der Waals surface area contributed by atoms with Gasteiger partial charge in [0.25, 0.3) is 5.91 Å². The molecule has 1 aliphatic rings. The Morgan fingerprint density at radius 1 is 1.45 bits per heavy atom. The zero-order valence-electron chi connectivity index (χ0n) is 5.52. The van der Waals surface area contributed by atoms with Gasteiger partial charge in [0.05, 0.1) is 0 Å². The molecule has 0 saturated heterocycles. The molecule has 1 rings (SSSR count). The number of nitrogens with two attached hydrogens (primary N) is 2. The SMILES string of the molecule is NC(=O)C1=NC=NC1C(N)=O. The van der Waals surface area contributed by atoms with E-state index < -0.39 is 17.9 Å². The van der Waals surface area contributed by atoms with E-state index in [1.165, 1.54) is 0 Å². The lowest BCUT2D eigenvalue weighted by Crippen LogP contribution is -2.39. The van der Waals surface area contributed by atoms with Crippen molar-refractivity contribution in [3.05, 3.63) is 0 Å². The summed E-state index contributed by atoms with van der Waals surface area (Å²) in [5.41, 5.74) is 9.65. The molecule has 0 bridgehead atoms. The highest BCUT2D eigenvalue weighted by atomic mass is 16.2. The van der Waals surface area contributed by atoms with Crippen LogP contribution in [-0.4, -0.2) is 29.9 Å². The Balaban J connectivity index is 2.85. The molecule has 6 heteroatoms. The van der Waals surface area contributed by atoms with Crippen LogP contribution in [-0.2, 0) is 9.59 Å². The van der Waals surface area contributed by atoms with Gasteiger partial charge in [-0.2, -0.15) is 0 Å². The van der Waals surface area contributed by atoms with Gasteiger partial charge in [0.1, 0.15) is 12.1 Å². The number of aliphatic imine (C=N–C) groups is 2. The Hall–Kier alpha value is -1.72. The molecule has 0 saturated carbocycles. The molecule has 1 unspecified atom stereocenters. The number of carbonyl (C=O) groups is 2. The summed E-state index contributed by atoms with van der Waals surface area (Å²) < 4.78 is 0. The second kappa shape index (κ2) is 2.49. The standard InChI is InChI=1S/C5H6N4O2/c6-4(10)2-3(5(7)11)9-1-8-2/h1-2H,(H2,6,10)(H2,7,11). The maximum absolute atomic E-state index is 10.5. The third-order valence-corrected chi connectivity index (χ3v) is 1.19. The van der Waals surface area contributed by atoms with Gasteiger partial charge < -0.3 is 11.5 Å². The molecule has 4 N–H and O–H groups in total. The molecule has 0 aromatic carbocycles. The second-order valence-electron chi connectivity index (χ2n) is 1.95. The van der Waals surface area contributed by atoms with Crippen LogP contribution in [0.2, 0.25) is 0 Å². The van der Waals surface area contributed by atoms with Gasteiger partial charge >= 0.3 is 0 Å². The fraction of sp³-hybridized carbons (Fsp3) is 0.200. The maximum Gasteiger partial charge on any atom is 0.265 e. The number of hydrogen-bond acceptors (Lipinski definition) is 4. The van der Waals surface area contributed by atoms with E-state index in [0.29, 0.717) is 0 Å². The number of amides is 2. The van der Waals surface area contributed by atoms with Crippen LogP contribution >= 0.6 is 0 Å². The lowest BCUT2D eigenvalue weighted by atomic mass is 10.2. The molecular formula is C5H6N4O2. The van der Waals surface area contributed by atoms with Crippen LogP contribution < -0.4 is 11.5 Å². The van der Waals surface area contributed by atoms with E-state index in [9.17, 15) is 9.59 Å². The molecule has 0 radical (unpaired) electrons. The zero-order valence-corrected chi connectivity index (χ0v) is 5.52. The highest BCUT2D eigenvalue weighted by molar-refractivity contribution is 6.46. The van der Waals surface area contributed by atoms with Crippen molar-refractivity contribution in [2.24, 2.45) is 21.5 Å². The Morgan fingerprint density at radius 3 is 2.45 bits per heavy atom. The highest BCUT2D eigenvalue weighted by Gasteiger charge is 2.27. The minimum absolute atomic E-state index is 0.0995. The third-order valence-electron chi connectivity index (χ3n) is 1.19. The number of hydrogen-bond donors (Lipinski definition) is 2. The number of nitrogens with zero attached hydrogens (tertiary/aromatic N) is 2. The van der Waals surface area contributed by atoms with Gasteiger partial charge in [-0.25, -0.2) is 4.99 Å². The molecule has 2 amide bonds.